The van der Waals surface area contributed by atoms with Gasteiger partial charge in [0, 0.05) is 11.7 Å². The maximum absolute atomic E-state index is 14.5. The standard InChI is InChI=1S/C25H25FN2O3/c1-17-13-14-20(16-21(17)26)28(25(30)22-12-7-15-31-22)23(18-8-3-2-4-9-18)24(29)27-19-10-5-6-11-19/h2-4,7-9,12-16,19,23H,5-6,10-11H2,1H3,(H,27,29)/t23-/m1/s1. The molecule has 0 unspecified atom stereocenters. The van der Waals surface area contributed by atoms with Crippen LogP contribution in [0.2, 0.25) is 0 Å². The molecule has 4 rings (SSSR count). The average molecular weight is 420 g/mol. The van der Waals surface area contributed by atoms with Gasteiger partial charge in [-0.3, -0.25) is 14.5 Å². The van der Waals surface area contributed by atoms with Crippen molar-refractivity contribution in [3.63, 3.8) is 0 Å². The molecule has 5 nitrogen and oxygen atoms in total. The number of halogens is 1. The van der Waals surface area contributed by atoms with Crippen LogP contribution in [0.4, 0.5) is 10.1 Å². The van der Waals surface area contributed by atoms with E-state index in [1.807, 2.05) is 18.2 Å². The van der Waals surface area contributed by atoms with Gasteiger partial charge in [-0.25, -0.2) is 4.39 Å². The highest BCUT2D eigenvalue weighted by Gasteiger charge is 2.35. The maximum Gasteiger partial charge on any atom is 0.294 e. The molecule has 160 valence electrons. The Balaban J connectivity index is 1.81. The number of carbonyl (C=O) groups is 2. The lowest BCUT2D eigenvalue weighted by Crippen LogP contribution is -2.46. The van der Waals surface area contributed by atoms with Crippen LogP contribution in [0.3, 0.4) is 0 Å². The summed E-state index contributed by atoms with van der Waals surface area (Å²) in [6, 6.07) is 15.9. The van der Waals surface area contributed by atoms with Crippen LogP contribution in [0.15, 0.2) is 71.3 Å². The Morgan fingerprint density at radius 1 is 1.06 bits per heavy atom. The van der Waals surface area contributed by atoms with Gasteiger partial charge in [0.25, 0.3) is 5.91 Å². The zero-order valence-corrected chi connectivity index (χ0v) is 17.4. The Hall–Kier alpha value is -3.41. The molecule has 2 amide bonds. The van der Waals surface area contributed by atoms with Crippen molar-refractivity contribution in [2.45, 2.75) is 44.7 Å². The van der Waals surface area contributed by atoms with Gasteiger partial charge in [0.15, 0.2) is 5.76 Å². The Labute approximate surface area is 180 Å². The average Bonchev–Trinajstić information content (AvgIpc) is 3.48. The van der Waals surface area contributed by atoms with E-state index in [0.29, 0.717) is 16.8 Å². The van der Waals surface area contributed by atoms with Crippen LogP contribution in [0.5, 0.6) is 0 Å². The van der Waals surface area contributed by atoms with Crippen LogP contribution in [-0.2, 0) is 4.79 Å². The maximum atomic E-state index is 14.5. The highest BCUT2D eigenvalue weighted by Crippen LogP contribution is 2.31. The zero-order chi connectivity index (χ0) is 21.8. The van der Waals surface area contributed by atoms with E-state index in [9.17, 15) is 14.0 Å². The van der Waals surface area contributed by atoms with E-state index in [-0.39, 0.29) is 17.7 Å². The Morgan fingerprint density at radius 2 is 1.81 bits per heavy atom. The Bertz CT molecular complexity index is 1040. The zero-order valence-electron chi connectivity index (χ0n) is 17.4. The topological polar surface area (TPSA) is 62.6 Å². The number of benzene rings is 2. The Morgan fingerprint density at radius 3 is 2.45 bits per heavy atom. The molecule has 1 saturated carbocycles. The van der Waals surface area contributed by atoms with Gasteiger partial charge >= 0.3 is 0 Å². The van der Waals surface area contributed by atoms with Gasteiger partial charge in [0.2, 0.25) is 5.91 Å². The first-order valence-electron chi connectivity index (χ1n) is 10.5. The predicted octanol–water partition coefficient (Wildman–Crippen LogP) is 5.17. The number of amides is 2. The molecule has 1 N–H and O–H groups in total. The summed E-state index contributed by atoms with van der Waals surface area (Å²) in [5.41, 5.74) is 1.39. The number of hydrogen-bond acceptors (Lipinski definition) is 3. The fraction of sp³-hybridized carbons (Fsp3) is 0.280. The molecule has 1 aliphatic carbocycles. The third-order valence-corrected chi connectivity index (χ3v) is 5.71. The van der Waals surface area contributed by atoms with Crippen molar-refractivity contribution in [1.82, 2.24) is 5.32 Å². The molecule has 0 aliphatic heterocycles. The molecular weight excluding hydrogens is 395 g/mol. The molecule has 2 aromatic carbocycles. The predicted molar refractivity (Wildman–Crippen MR) is 116 cm³/mol. The molecule has 0 spiro atoms. The summed E-state index contributed by atoms with van der Waals surface area (Å²) in [6.07, 6.45) is 5.37. The third kappa shape index (κ3) is 4.53. The summed E-state index contributed by atoms with van der Waals surface area (Å²) >= 11 is 0. The number of furan rings is 1. The van der Waals surface area contributed by atoms with Gasteiger partial charge in [-0.15, -0.1) is 0 Å². The largest absolute Gasteiger partial charge is 0.459 e. The molecule has 1 heterocycles. The van der Waals surface area contributed by atoms with Crippen LogP contribution in [0, 0.1) is 12.7 Å². The van der Waals surface area contributed by atoms with Crippen LogP contribution in [-0.4, -0.2) is 17.9 Å². The lowest BCUT2D eigenvalue weighted by molar-refractivity contribution is -0.123. The van der Waals surface area contributed by atoms with Crippen molar-refractivity contribution in [3.8, 4) is 0 Å². The van der Waals surface area contributed by atoms with E-state index in [2.05, 4.69) is 5.32 Å². The highest BCUT2D eigenvalue weighted by molar-refractivity contribution is 6.08. The minimum atomic E-state index is -0.971. The number of nitrogens with one attached hydrogen (secondary N) is 1. The van der Waals surface area contributed by atoms with E-state index in [1.165, 1.54) is 23.3 Å². The second kappa shape index (κ2) is 9.16. The van der Waals surface area contributed by atoms with E-state index < -0.39 is 17.8 Å². The molecule has 31 heavy (non-hydrogen) atoms. The number of anilines is 1. The lowest BCUT2D eigenvalue weighted by Gasteiger charge is -2.32. The molecule has 1 atom stereocenters. The minimum Gasteiger partial charge on any atom is -0.459 e. The van der Waals surface area contributed by atoms with Gasteiger partial charge in [0.05, 0.1) is 6.26 Å². The molecule has 1 fully saturated rings. The van der Waals surface area contributed by atoms with Crippen LogP contribution in [0.1, 0.15) is 53.4 Å². The SMILES string of the molecule is Cc1ccc(N(C(=O)c2ccco2)[C@@H](C(=O)NC2CCCC2)c2ccccc2)cc1F. The van der Waals surface area contributed by atoms with Gasteiger partial charge in [-0.05, 0) is 55.2 Å². The Kier molecular flexibility index (Phi) is 6.16. The van der Waals surface area contributed by atoms with Gasteiger partial charge < -0.3 is 9.73 Å². The summed E-state index contributed by atoms with van der Waals surface area (Å²) in [5.74, 6) is -1.17. The summed E-state index contributed by atoms with van der Waals surface area (Å²) in [6.45, 7) is 1.65. The van der Waals surface area contributed by atoms with Gasteiger partial charge in [-0.1, -0.05) is 49.2 Å². The summed E-state index contributed by atoms with van der Waals surface area (Å²) < 4.78 is 19.8. The van der Waals surface area contributed by atoms with Gasteiger partial charge in [0.1, 0.15) is 11.9 Å². The molecule has 3 aromatic rings. The fourth-order valence-electron chi connectivity index (χ4n) is 4.04. The molecule has 1 aliphatic rings. The minimum absolute atomic E-state index is 0.0778. The number of aryl methyl sites for hydroxylation is 1. The number of nitrogens with zero attached hydrogens (tertiary/aromatic N) is 1. The van der Waals surface area contributed by atoms with Crippen molar-refractivity contribution in [2.75, 3.05) is 4.90 Å². The van der Waals surface area contributed by atoms with E-state index in [1.54, 1.807) is 37.3 Å². The number of rotatable bonds is 6. The first-order chi connectivity index (χ1) is 15.0. The summed E-state index contributed by atoms with van der Waals surface area (Å²) in [5, 5.41) is 3.10. The van der Waals surface area contributed by atoms with Gasteiger partial charge in [-0.2, -0.15) is 0 Å². The monoisotopic (exact) mass is 420 g/mol. The number of carbonyl (C=O) groups excluding carboxylic acids is 2. The second-order valence-corrected chi connectivity index (χ2v) is 7.89. The second-order valence-electron chi connectivity index (χ2n) is 7.89. The molecular formula is C25H25FN2O3. The smallest absolute Gasteiger partial charge is 0.294 e. The molecule has 0 radical (unpaired) electrons. The normalized spacial score (nSPS) is 14.9. The van der Waals surface area contributed by atoms with E-state index in [4.69, 9.17) is 4.42 Å². The van der Waals surface area contributed by atoms with Crippen molar-refractivity contribution >= 4 is 17.5 Å². The summed E-state index contributed by atoms with van der Waals surface area (Å²) in [7, 11) is 0. The quantitative estimate of drug-likeness (QED) is 0.598. The number of hydrogen-bond donors (Lipinski definition) is 1. The van der Waals surface area contributed by atoms with Crippen molar-refractivity contribution in [3.05, 3.63) is 89.6 Å². The van der Waals surface area contributed by atoms with Crippen molar-refractivity contribution in [1.29, 1.82) is 0 Å². The van der Waals surface area contributed by atoms with E-state index >= 15 is 0 Å². The third-order valence-electron chi connectivity index (χ3n) is 5.71. The van der Waals surface area contributed by atoms with Crippen molar-refractivity contribution in [2.24, 2.45) is 0 Å². The molecule has 0 saturated heterocycles. The van der Waals surface area contributed by atoms with Crippen LogP contribution in [0.25, 0.3) is 0 Å². The highest BCUT2D eigenvalue weighted by atomic mass is 19.1. The van der Waals surface area contributed by atoms with Crippen LogP contribution >= 0.6 is 0 Å². The first kappa shape index (κ1) is 20.8. The first-order valence-corrected chi connectivity index (χ1v) is 10.5. The molecule has 1 aromatic heterocycles. The fourth-order valence-corrected chi connectivity index (χ4v) is 4.04. The lowest BCUT2D eigenvalue weighted by atomic mass is 10.0. The van der Waals surface area contributed by atoms with Crippen LogP contribution < -0.4 is 10.2 Å². The van der Waals surface area contributed by atoms with Crippen molar-refractivity contribution < 1.29 is 18.4 Å². The molecule has 6 heteroatoms. The molecule has 0 bridgehead atoms. The summed E-state index contributed by atoms with van der Waals surface area (Å²) in [4.78, 5) is 28.3. The van der Waals surface area contributed by atoms with E-state index in [0.717, 1.165) is 25.7 Å².